The first-order valence-corrected chi connectivity index (χ1v) is 7.00. The summed E-state index contributed by atoms with van der Waals surface area (Å²) in [6.07, 6.45) is 4.95. The van der Waals surface area contributed by atoms with E-state index >= 15 is 0 Å². The van der Waals surface area contributed by atoms with E-state index < -0.39 is 0 Å². The van der Waals surface area contributed by atoms with Gasteiger partial charge in [0.1, 0.15) is 0 Å². The van der Waals surface area contributed by atoms with Crippen molar-refractivity contribution in [3.8, 4) is 0 Å². The number of hydrogen-bond donors (Lipinski definition) is 1. The van der Waals surface area contributed by atoms with E-state index in [1.807, 2.05) is 6.07 Å². The second kappa shape index (κ2) is 6.42. The summed E-state index contributed by atoms with van der Waals surface area (Å²) in [6.45, 7) is 1.43. The lowest BCUT2D eigenvalue weighted by Gasteiger charge is -2.29. The number of nitrogens with zero attached hydrogens (tertiary/aromatic N) is 1. The summed E-state index contributed by atoms with van der Waals surface area (Å²) in [5.41, 5.74) is 6.56. The van der Waals surface area contributed by atoms with E-state index in [2.05, 4.69) is 0 Å². The zero-order valence-electron chi connectivity index (χ0n) is 10.5. The van der Waals surface area contributed by atoms with Gasteiger partial charge >= 0.3 is 0 Å². The summed E-state index contributed by atoms with van der Waals surface area (Å²) >= 11 is 12.0. The van der Waals surface area contributed by atoms with Crippen LogP contribution in [0.15, 0.2) is 24.3 Å². The van der Waals surface area contributed by atoms with E-state index in [0.29, 0.717) is 23.1 Å². The van der Waals surface area contributed by atoms with Gasteiger partial charge in [-0.15, -0.1) is 0 Å². The quantitative estimate of drug-likeness (QED) is 0.853. The Labute approximate surface area is 123 Å². The molecule has 2 N–H and O–H groups in total. The smallest absolute Gasteiger partial charge is 0.246 e. The molecule has 1 amide bonds. The second-order valence-electron chi connectivity index (χ2n) is 4.64. The molecule has 1 fully saturated rings. The van der Waals surface area contributed by atoms with Crippen molar-refractivity contribution in [2.75, 3.05) is 13.1 Å². The van der Waals surface area contributed by atoms with Crippen LogP contribution in [0.25, 0.3) is 6.08 Å². The third-order valence-corrected chi connectivity index (χ3v) is 4.07. The molecule has 1 aromatic rings. The Morgan fingerprint density at radius 1 is 1.32 bits per heavy atom. The normalized spacial score (nSPS) is 17.1. The third kappa shape index (κ3) is 3.72. The first-order valence-electron chi connectivity index (χ1n) is 6.24. The Hall–Kier alpha value is -1.03. The first-order chi connectivity index (χ1) is 9.08. The number of carbonyl (C=O) groups excluding carboxylic acids is 1. The summed E-state index contributed by atoms with van der Waals surface area (Å²) in [5.74, 6) is -0.0112. The predicted molar refractivity (Wildman–Crippen MR) is 79.3 cm³/mol. The minimum Gasteiger partial charge on any atom is -0.339 e. The van der Waals surface area contributed by atoms with Gasteiger partial charge in [0, 0.05) is 25.2 Å². The molecule has 0 aromatic heterocycles. The number of rotatable bonds is 2. The second-order valence-corrected chi connectivity index (χ2v) is 5.42. The van der Waals surface area contributed by atoms with Crippen LogP contribution in [-0.2, 0) is 4.79 Å². The molecule has 1 saturated heterocycles. The van der Waals surface area contributed by atoms with E-state index in [1.165, 1.54) is 6.08 Å². The lowest BCUT2D eigenvalue weighted by molar-refractivity contribution is -0.126. The van der Waals surface area contributed by atoms with E-state index in [9.17, 15) is 4.79 Å². The molecule has 0 aliphatic carbocycles. The highest BCUT2D eigenvalue weighted by Gasteiger charge is 2.18. The van der Waals surface area contributed by atoms with Crippen LogP contribution in [0.5, 0.6) is 0 Å². The lowest BCUT2D eigenvalue weighted by Crippen LogP contribution is -2.42. The van der Waals surface area contributed by atoms with Crippen LogP contribution in [0.2, 0.25) is 10.0 Å². The number of benzene rings is 1. The maximum absolute atomic E-state index is 12.0. The molecule has 5 heteroatoms. The van der Waals surface area contributed by atoms with Crippen molar-refractivity contribution in [3.63, 3.8) is 0 Å². The Balaban J connectivity index is 2.02. The minimum absolute atomic E-state index is 0.0112. The molecule has 19 heavy (non-hydrogen) atoms. The van der Waals surface area contributed by atoms with Crippen molar-refractivity contribution in [3.05, 3.63) is 39.9 Å². The number of hydrogen-bond acceptors (Lipinski definition) is 2. The largest absolute Gasteiger partial charge is 0.339 e. The van der Waals surface area contributed by atoms with Crippen LogP contribution < -0.4 is 5.73 Å². The van der Waals surface area contributed by atoms with Crippen molar-refractivity contribution in [1.82, 2.24) is 4.90 Å². The number of piperidine rings is 1. The van der Waals surface area contributed by atoms with Crippen LogP contribution in [0.4, 0.5) is 0 Å². The number of carbonyl (C=O) groups is 1. The molecule has 1 heterocycles. The van der Waals surface area contributed by atoms with Gasteiger partial charge in [0.15, 0.2) is 0 Å². The number of halogens is 2. The van der Waals surface area contributed by atoms with E-state index in [0.717, 1.165) is 18.4 Å². The molecule has 0 atom stereocenters. The molecule has 102 valence electrons. The predicted octanol–water partition coefficient (Wildman–Crippen LogP) is 2.96. The van der Waals surface area contributed by atoms with Crippen molar-refractivity contribution < 1.29 is 4.79 Å². The Bertz CT molecular complexity index is 494. The van der Waals surface area contributed by atoms with Gasteiger partial charge in [0.2, 0.25) is 5.91 Å². The van der Waals surface area contributed by atoms with Crippen molar-refractivity contribution in [2.24, 2.45) is 5.73 Å². The average Bonchev–Trinajstić information content (AvgIpc) is 2.41. The Morgan fingerprint density at radius 2 is 2.00 bits per heavy atom. The molecular weight excluding hydrogens is 283 g/mol. The highest BCUT2D eigenvalue weighted by atomic mass is 35.5. The first kappa shape index (κ1) is 14.4. The van der Waals surface area contributed by atoms with Crippen LogP contribution in [0.3, 0.4) is 0 Å². The summed E-state index contributed by atoms with van der Waals surface area (Å²) < 4.78 is 0. The minimum atomic E-state index is -0.0112. The van der Waals surface area contributed by atoms with Crippen LogP contribution in [0, 0.1) is 0 Å². The van der Waals surface area contributed by atoms with Crippen molar-refractivity contribution >= 4 is 35.2 Å². The molecule has 3 nitrogen and oxygen atoms in total. The Morgan fingerprint density at radius 3 is 2.68 bits per heavy atom. The van der Waals surface area contributed by atoms with Crippen LogP contribution in [-0.4, -0.2) is 29.9 Å². The van der Waals surface area contributed by atoms with Crippen molar-refractivity contribution in [1.29, 1.82) is 0 Å². The average molecular weight is 299 g/mol. The standard InChI is InChI=1S/C14H16Cl2N2O/c15-12-3-1-2-10(14(12)16)4-5-13(19)18-8-6-11(17)7-9-18/h1-5,11H,6-9,17H2/b5-4+. The molecule has 2 rings (SSSR count). The molecule has 0 spiro atoms. The molecule has 0 saturated carbocycles. The fraction of sp³-hybridized carbons (Fsp3) is 0.357. The topological polar surface area (TPSA) is 46.3 Å². The molecular formula is C14H16Cl2N2O. The highest BCUT2D eigenvalue weighted by molar-refractivity contribution is 6.42. The van der Waals surface area contributed by atoms with Gasteiger partial charge in [0.25, 0.3) is 0 Å². The van der Waals surface area contributed by atoms with Gasteiger partial charge in [-0.1, -0.05) is 35.3 Å². The fourth-order valence-electron chi connectivity index (χ4n) is 2.04. The molecule has 0 unspecified atom stereocenters. The van der Waals surface area contributed by atoms with Gasteiger partial charge in [-0.25, -0.2) is 0 Å². The van der Waals surface area contributed by atoms with Gasteiger partial charge in [-0.2, -0.15) is 0 Å². The highest BCUT2D eigenvalue weighted by Crippen LogP contribution is 2.26. The summed E-state index contributed by atoms with van der Waals surface area (Å²) in [6, 6.07) is 5.56. The number of nitrogens with two attached hydrogens (primary N) is 1. The Kier molecular flexibility index (Phi) is 4.86. The lowest BCUT2D eigenvalue weighted by atomic mass is 10.1. The van der Waals surface area contributed by atoms with E-state index in [-0.39, 0.29) is 11.9 Å². The number of amides is 1. The van der Waals surface area contributed by atoms with E-state index in [1.54, 1.807) is 23.1 Å². The summed E-state index contributed by atoms with van der Waals surface area (Å²) in [7, 11) is 0. The molecule has 1 aliphatic heterocycles. The van der Waals surface area contributed by atoms with Gasteiger partial charge in [0.05, 0.1) is 10.0 Å². The van der Waals surface area contributed by atoms with Crippen LogP contribution >= 0.6 is 23.2 Å². The summed E-state index contributed by atoms with van der Waals surface area (Å²) in [5, 5.41) is 0.953. The zero-order valence-corrected chi connectivity index (χ0v) is 12.0. The molecule has 1 aromatic carbocycles. The molecule has 1 aliphatic rings. The van der Waals surface area contributed by atoms with Gasteiger partial charge in [-0.3, -0.25) is 4.79 Å². The number of likely N-dealkylation sites (tertiary alicyclic amines) is 1. The SMILES string of the molecule is NC1CCN(C(=O)/C=C/c2cccc(Cl)c2Cl)CC1. The monoisotopic (exact) mass is 298 g/mol. The van der Waals surface area contributed by atoms with Gasteiger partial charge in [-0.05, 0) is 30.5 Å². The maximum atomic E-state index is 12.0. The maximum Gasteiger partial charge on any atom is 0.246 e. The fourth-order valence-corrected chi connectivity index (χ4v) is 2.41. The third-order valence-electron chi connectivity index (χ3n) is 3.24. The van der Waals surface area contributed by atoms with E-state index in [4.69, 9.17) is 28.9 Å². The summed E-state index contributed by atoms with van der Waals surface area (Å²) in [4.78, 5) is 13.8. The molecule has 0 radical (unpaired) electrons. The van der Waals surface area contributed by atoms with Gasteiger partial charge < -0.3 is 10.6 Å². The van der Waals surface area contributed by atoms with Crippen LogP contribution in [0.1, 0.15) is 18.4 Å². The van der Waals surface area contributed by atoms with Crippen molar-refractivity contribution in [2.45, 2.75) is 18.9 Å². The molecule has 0 bridgehead atoms. The zero-order chi connectivity index (χ0) is 13.8.